The van der Waals surface area contributed by atoms with Crippen molar-refractivity contribution >= 4 is 11.9 Å². The van der Waals surface area contributed by atoms with Gasteiger partial charge in [0.05, 0.1) is 25.0 Å². The van der Waals surface area contributed by atoms with Gasteiger partial charge in [-0.1, -0.05) is 0 Å². The molecule has 0 bridgehead atoms. The molecule has 1 aliphatic rings. The van der Waals surface area contributed by atoms with E-state index in [9.17, 15) is 9.59 Å². The van der Waals surface area contributed by atoms with Gasteiger partial charge in [0, 0.05) is 20.3 Å². The van der Waals surface area contributed by atoms with Crippen molar-refractivity contribution < 1.29 is 34.4 Å². The predicted octanol–water partition coefficient (Wildman–Crippen LogP) is 0.850. The number of rotatable bonds is 5. The molecule has 0 spiro atoms. The second kappa shape index (κ2) is 14.2. The number of aliphatic hydroxyl groups is 1. The van der Waals surface area contributed by atoms with Crippen molar-refractivity contribution in [3.8, 4) is 0 Å². The van der Waals surface area contributed by atoms with Crippen LogP contribution in [-0.2, 0) is 19.1 Å². The maximum absolute atomic E-state index is 10.0. The van der Waals surface area contributed by atoms with Crippen LogP contribution in [0.25, 0.3) is 0 Å². The second-order valence-electron chi connectivity index (χ2n) is 4.44. The summed E-state index contributed by atoms with van der Waals surface area (Å²) < 4.78 is 9.53. The Morgan fingerprint density at radius 1 is 1.10 bits per heavy atom. The van der Waals surface area contributed by atoms with Gasteiger partial charge < -0.3 is 24.8 Å². The number of carboxylic acid groups (broad SMARTS) is 2. The van der Waals surface area contributed by atoms with Gasteiger partial charge in [0.25, 0.3) is 0 Å². The molecule has 0 aromatic carbocycles. The molecule has 0 aromatic rings. The molecule has 3 N–H and O–H groups in total. The van der Waals surface area contributed by atoms with Crippen LogP contribution in [0.2, 0.25) is 0 Å². The Morgan fingerprint density at radius 2 is 1.55 bits per heavy atom. The zero-order valence-corrected chi connectivity index (χ0v) is 12.4. The molecule has 0 aromatic heterocycles. The molecule has 0 saturated carbocycles. The van der Waals surface area contributed by atoms with Gasteiger partial charge >= 0.3 is 11.9 Å². The summed E-state index contributed by atoms with van der Waals surface area (Å²) in [7, 11) is 1.49. The largest absolute Gasteiger partial charge is 0.481 e. The third kappa shape index (κ3) is 14.9. The Bertz CT molecular complexity index is 243. The van der Waals surface area contributed by atoms with E-state index in [0.717, 1.165) is 13.2 Å². The lowest BCUT2D eigenvalue weighted by atomic mass is 10.2. The molecule has 120 valence electrons. The summed E-state index contributed by atoms with van der Waals surface area (Å²) in [5.41, 5.74) is 0. The molecule has 7 heteroatoms. The van der Waals surface area contributed by atoms with E-state index in [1.807, 2.05) is 0 Å². The molecule has 0 amide bonds. The second-order valence-corrected chi connectivity index (χ2v) is 4.44. The monoisotopic (exact) mass is 294 g/mol. The fourth-order valence-electron chi connectivity index (χ4n) is 0.910. The Hall–Kier alpha value is -1.18. The van der Waals surface area contributed by atoms with Crippen molar-refractivity contribution in [1.82, 2.24) is 0 Å². The maximum Gasteiger partial charge on any atom is 0.308 e. The molecule has 20 heavy (non-hydrogen) atoms. The molecule has 1 saturated heterocycles. The number of carboxylic acids is 2. The normalized spacial score (nSPS) is 16.0. The van der Waals surface area contributed by atoms with Gasteiger partial charge in [0.1, 0.15) is 0 Å². The fraction of sp³-hybridized carbons (Fsp3) is 0.846. The first-order valence-electron chi connectivity index (χ1n) is 6.49. The Labute approximate surface area is 119 Å². The summed E-state index contributed by atoms with van der Waals surface area (Å²) in [5.74, 6) is -2.78. The number of hydrogen-bond acceptors (Lipinski definition) is 5. The topological polar surface area (TPSA) is 113 Å². The molecule has 0 radical (unpaired) electrons. The van der Waals surface area contributed by atoms with E-state index in [4.69, 9.17) is 20.1 Å². The van der Waals surface area contributed by atoms with Gasteiger partial charge in [0.2, 0.25) is 0 Å². The number of hydrogen-bond donors (Lipinski definition) is 3. The van der Waals surface area contributed by atoms with E-state index in [-0.39, 0.29) is 19.1 Å². The lowest BCUT2D eigenvalue weighted by Gasteiger charge is -2.01. The minimum absolute atomic E-state index is 0.282. The standard InChI is InChI=1S/C5H10O3.C4H8O3.C4H8O/c1-4(3-8-2)5(6)7;1-3(2-5)4(6)7;1-2-4-5-3-1/h4H,3H2,1-2H3,(H,6,7);3,5H,2H2,1H3,(H,6,7);1-4H2/t4-;3-;/m11./s1. The molecule has 1 aliphatic heterocycles. The van der Waals surface area contributed by atoms with Gasteiger partial charge in [-0.3, -0.25) is 9.59 Å². The summed E-state index contributed by atoms with van der Waals surface area (Å²) >= 11 is 0. The van der Waals surface area contributed by atoms with Gasteiger partial charge in [-0.25, -0.2) is 0 Å². The first-order valence-corrected chi connectivity index (χ1v) is 6.49. The smallest absolute Gasteiger partial charge is 0.308 e. The van der Waals surface area contributed by atoms with E-state index in [2.05, 4.69) is 4.74 Å². The van der Waals surface area contributed by atoms with Crippen molar-refractivity contribution in [2.45, 2.75) is 26.7 Å². The number of methoxy groups -OCH3 is 1. The van der Waals surface area contributed by atoms with Gasteiger partial charge in [-0.15, -0.1) is 0 Å². The SMILES string of the molecule is C1CCOC1.COC[C@@H](C)C(=O)O.C[C@H](CO)C(=O)O. The fourth-order valence-corrected chi connectivity index (χ4v) is 0.910. The first-order chi connectivity index (χ1) is 9.36. The minimum atomic E-state index is -0.956. The van der Waals surface area contributed by atoms with Crippen LogP contribution in [0.3, 0.4) is 0 Å². The van der Waals surface area contributed by atoms with Crippen LogP contribution in [-0.4, -0.2) is 60.8 Å². The Kier molecular flexibility index (Phi) is 15.0. The average Bonchev–Trinajstić information content (AvgIpc) is 2.97. The van der Waals surface area contributed by atoms with Crippen molar-refractivity contribution in [2.75, 3.05) is 33.5 Å². The first kappa shape index (κ1) is 21.1. The third-order valence-corrected chi connectivity index (χ3v) is 2.36. The van der Waals surface area contributed by atoms with Crippen LogP contribution >= 0.6 is 0 Å². The van der Waals surface area contributed by atoms with E-state index in [1.54, 1.807) is 6.92 Å². The van der Waals surface area contributed by atoms with E-state index < -0.39 is 17.9 Å². The molecule has 0 unspecified atom stereocenters. The lowest BCUT2D eigenvalue weighted by Crippen LogP contribution is -2.14. The van der Waals surface area contributed by atoms with Gasteiger partial charge in [-0.2, -0.15) is 0 Å². The summed E-state index contributed by atoms with van der Waals surface area (Å²) in [6.07, 6.45) is 2.56. The highest BCUT2D eigenvalue weighted by molar-refractivity contribution is 5.69. The molecule has 1 heterocycles. The average molecular weight is 294 g/mol. The van der Waals surface area contributed by atoms with Gasteiger partial charge in [-0.05, 0) is 26.7 Å². The predicted molar refractivity (Wildman–Crippen MR) is 72.6 cm³/mol. The van der Waals surface area contributed by atoms with Crippen LogP contribution in [0.1, 0.15) is 26.7 Å². The van der Waals surface area contributed by atoms with Crippen molar-refractivity contribution in [2.24, 2.45) is 11.8 Å². The number of ether oxygens (including phenoxy) is 2. The molecule has 1 fully saturated rings. The lowest BCUT2D eigenvalue weighted by molar-refractivity contribution is -0.143. The van der Waals surface area contributed by atoms with E-state index >= 15 is 0 Å². The quantitative estimate of drug-likeness (QED) is 0.688. The Morgan fingerprint density at radius 3 is 1.65 bits per heavy atom. The highest BCUT2D eigenvalue weighted by Gasteiger charge is 2.08. The van der Waals surface area contributed by atoms with Crippen molar-refractivity contribution in [3.05, 3.63) is 0 Å². The zero-order chi connectivity index (χ0) is 16.0. The number of aliphatic hydroxyl groups excluding tert-OH is 1. The summed E-state index contributed by atoms with van der Waals surface area (Å²) in [5, 5.41) is 24.4. The number of carbonyl (C=O) groups is 2. The molecule has 7 nitrogen and oxygen atoms in total. The van der Waals surface area contributed by atoms with Crippen molar-refractivity contribution in [1.29, 1.82) is 0 Å². The molecule has 0 aliphatic carbocycles. The number of aliphatic carboxylic acids is 2. The zero-order valence-electron chi connectivity index (χ0n) is 12.4. The van der Waals surface area contributed by atoms with E-state index in [0.29, 0.717) is 0 Å². The maximum atomic E-state index is 10.0. The van der Waals surface area contributed by atoms with Crippen LogP contribution in [0.4, 0.5) is 0 Å². The molecule has 1 rings (SSSR count). The molecule has 2 atom stereocenters. The van der Waals surface area contributed by atoms with Gasteiger partial charge in [0.15, 0.2) is 0 Å². The minimum Gasteiger partial charge on any atom is -0.481 e. The summed E-state index contributed by atoms with van der Waals surface area (Å²) in [6.45, 7) is 5.05. The van der Waals surface area contributed by atoms with Crippen LogP contribution in [0.15, 0.2) is 0 Å². The van der Waals surface area contributed by atoms with Crippen LogP contribution in [0.5, 0.6) is 0 Å². The summed E-state index contributed by atoms with van der Waals surface area (Å²) in [4.78, 5) is 19.8. The van der Waals surface area contributed by atoms with Crippen LogP contribution in [0, 0.1) is 11.8 Å². The highest BCUT2D eigenvalue weighted by atomic mass is 16.5. The molecular weight excluding hydrogens is 268 g/mol. The summed E-state index contributed by atoms with van der Waals surface area (Å²) in [6, 6.07) is 0. The van der Waals surface area contributed by atoms with Crippen molar-refractivity contribution in [3.63, 3.8) is 0 Å². The van der Waals surface area contributed by atoms with E-state index in [1.165, 1.54) is 26.9 Å². The third-order valence-electron chi connectivity index (χ3n) is 2.36. The Balaban J connectivity index is 0. The molecular formula is C13H26O7. The highest BCUT2D eigenvalue weighted by Crippen LogP contribution is 1.98. The van der Waals surface area contributed by atoms with Crippen LogP contribution < -0.4 is 0 Å².